The third kappa shape index (κ3) is 5.19. The third-order valence-electron chi connectivity index (χ3n) is 7.91. The first-order chi connectivity index (χ1) is 18.9. The van der Waals surface area contributed by atoms with Gasteiger partial charge in [0.1, 0.15) is 23.5 Å². The van der Waals surface area contributed by atoms with Gasteiger partial charge in [0.15, 0.2) is 5.69 Å². The molecule has 6 rings (SSSR count). The van der Waals surface area contributed by atoms with Crippen molar-refractivity contribution >= 4 is 29.2 Å². The number of nitrogens with zero attached hydrogens (tertiary/aromatic N) is 3. The Bertz CT molecular complexity index is 1440. The molecule has 2 amide bonds. The fourth-order valence-corrected chi connectivity index (χ4v) is 5.78. The van der Waals surface area contributed by atoms with E-state index in [0.29, 0.717) is 5.56 Å². The summed E-state index contributed by atoms with van der Waals surface area (Å²) in [6, 6.07) is 3.83. The maximum Gasteiger partial charge on any atom is 0.296 e. The van der Waals surface area contributed by atoms with E-state index in [1.807, 2.05) is 0 Å². The van der Waals surface area contributed by atoms with Crippen molar-refractivity contribution in [2.75, 3.05) is 19.6 Å². The van der Waals surface area contributed by atoms with E-state index >= 15 is 4.39 Å². The monoisotopic (exact) mass is 581 g/mol. The van der Waals surface area contributed by atoms with Gasteiger partial charge in [0.05, 0.1) is 30.2 Å². The van der Waals surface area contributed by atoms with Gasteiger partial charge in [-0.1, -0.05) is 17.7 Å². The van der Waals surface area contributed by atoms with Crippen molar-refractivity contribution in [3.63, 3.8) is 0 Å². The van der Waals surface area contributed by atoms with Crippen LogP contribution in [0.1, 0.15) is 54.0 Å². The number of likely N-dealkylation sites (tertiary alicyclic amines) is 1. The fraction of sp³-hybridized carbons (Fsp3) is 0.500. The summed E-state index contributed by atoms with van der Waals surface area (Å²) in [5.41, 5.74) is -4.20. The van der Waals surface area contributed by atoms with Crippen LogP contribution >= 0.6 is 11.6 Å². The number of amides is 2. The molecule has 40 heavy (non-hydrogen) atoms. The smallest absolute Gasteiger partial charge is 0.296 e. The summed E-state index contributed by atoms with van der Waals surface area (Å²) in [7, 11) is 0. The zero-order chi connectivity index (χ0) is 28.8. The lowest BCUT2D eigenvalue weighted by atomic mass is 9.76. The SMILES string of the molecule is O=C(CNC12CCC(F)(CC1)Cn1c2nc(C(=O)NCc2ccc(F)c(Cl)c2)c(O)c1=O)C(=O)N1CC[C@@H](F)C1. The van der Waals surface area contributed by atoms with Crippen LogP contribution in [0.25, 0.3) is 0 Å². The first-order valence-electron chi connectivity index (χ1n) is 12.9. The van der Waals surface area contributed by atoms with Crippen LogP contribution in [-0.4, -0.2) is 68.6 Å². The van der Waals surface area contributed by atoms with Crippen LogP contribution < -0.4 is 16.2 Å². The molecule has 4 heterocycles. The highest BCUT2D eigenvalue weighted by molar-refractivity contribution is 6.37. The summed E-state index contributed by atoms with van der Waals surface area (Å²) >= 11 is 5.78. The summed E-state index contributed by atoms with van der Waals surface area (Å²) in [6.45, 7) is -1.04. The van der Waals surface area contributed by atoms with Crippen molar-refractivity contribution in [1.29, 1.82) is 0 Å². The van der Waals surface area contributed by atoms with E-state index in [9.17, 15) is 33.1 Å². The average molecular weight is 582 g/mol. The first-order valence-corrected chi connectivity index (χ1v) is 13.3. The minimum absolute atomic E-state index is 0.00815. The average Bonchev–Trinajstić information content (AvgIpc) is 3.27. The number of ketones is 1. The number of alkyl halides is 2. The van der Waals surface area contributed by atoms with Gasteiger partial charge in [-0.3, -0.25) is 29.1 Å². The van der Waals surface area contributed by atoms with Crippen LogP contribution in [0, 0.1) is 5.82 Å². The second-order valence-electron chi connectivity index (χ2n) is 10.6. The second-order valence-corrected chi connectivity index (χ2v) is 11.0. The standard InChI is InChI=1S/C26H27ClF3N5O5/c27-16-9-14(1-2-17(16)29)10-31-21(38)19-20(37)23(40)35-13-25(30)4-6-26(7-5-25,24(35)33-19)32-11-18(36)22(39)34-8-3-15(28)12-34/h1-2,9,15,32,37H,3-8,10-13H2,(H,31,38)/t15-,25?,26?/m1/s1. The van der Waals surface area contributed by atoms with Gasteiger partial charge in [-0.05, 0) is 49.8 Å². The maximum atomic E-state index is 15.6. The summed E-state index contributed by atoms with van der Waals surface area (Å²) in [4.78, 5) is 56.8. The Morgan fingerprint density at radius 3 is 2.58 bits per heavy atom. The molecule has 1 aliphatic carbocycles. The Hall–Kier alpha value is -3.45. The van der Waals surface area contributed by atoms with Gasteiger partial charge >= 0.3 is 0 Å². The molecule has 2 aromatic rings. The van der Waals surface area contributed by atoms with Crippen molar-refractivity contribution in [2.24, 2.45) is 0 Å². The third-order valence-corrected chi connectivity index (χ3v) is 8.20. The topological polar surface area (TPSA) is 134 Å². The molecular weight excluding hydrogens is 555 g/mol. The Morgan fingerprint density at radius 1 is 1.20 bits per heavy atom. The molecule has 0 radical (unpaired) electrons. The van der Waals surface area contributed by atoms with E-state index in [1.165, 1.54) is 12.1 Å². The number of nitrogens with one attached hydrogen (secondary N) is 2. The normalized spacial score (nSPS) is 25.4. The number of aromatic hydroxyl groups is 1. The lowest BCUT2D eigenvalue weighted by molar-refractivity contribution is -0.143. The molecule has 2 bridgehead atoms. The highest BCUT2D eigenvalue weighted by Crippen LogP contribution is 2.46. The molecule has 4 aliphatic rings. The van der Waals surface area contributed by atoms with Crippen molar-refractivity contribution in [3.05, 3.63) is 56.5 Å². The van der Waals surface area contributed by atoms with Crippen molar-refractivity contribution in [1.82, 2.24) is 25.1 Å². The van der Waals surface area contributed by atoms with Gasteiger partial charge in [-0.25, -0.2) is 18.2 Å². The maximum absolute atomic E-state index is 15.6. The van der Waals surface area contributed by atoms with E-state index in [-0.39, 0.29) is 62.6 Å². The molecule has 2 fully saturated rings. The van der Waals surface area contributed by atoms with Crippen LogP contribution in [-0.2, 0) is 28.2 Å². The molecule has 1 saturated heterocycles. The van der Waals surface area contributed by atoms with Crippen LogP contribution in [0.15, 0.2) is 23.0 Å². The number of halogens is 4. The van der Waals surface area contributed by atoms with Crippen molar-refractivity contribution in [2.45, 2.75) is 62.6 Å². The summed E-state index contributed by atoms with van der Waals surface area (Å²) in [6.07, 6.45) is -0.817. The Morgan fingerprint density at radius 2 is 1.93 bits per heavy atom. The van der Waals surface area contributed by atoms with Gasteiger partial charge in [0, 0.05) is 13.1 Å². The first kappa shape index (κ1) is 28.1. The van der Waals surface area contributed by atoms with E-state index in [2.05, 4.69) is 15.6 Å². The summed E-state index contributed by atoms with van der Waals surface area (Å²) < 4.78 is 43.5. The lowest BCUT2D eigenvalue weighted by Gasteiger charge is -2.38. The lowest BCUT2D eigenvalue weighted by Crippen LogP contribution is -2.51. The molecule has 10 nitrogen and oxygen atoms in total. The molecule has 1 saturated carbocycles. The quantitative estimate of drug-likeness (QED) is 0.425. The van der Waals surface area contributed by atoms with Crippen LogP contribution in [0.2, 0.25) is 5.02 Å². The summed E-state index contributed by atoms with van der Waals surface area (Å²) in [5, 5.41) is 15.9. The molecule has 1 atom stereocenters. The van der Waals surface area contributed by atoms with Gasteiger partial charge < -0.3 is 15.3 Å². The van der Waals surface area contributed by atoms with Gasteiger partial charge in [-0.2, -0.15) is 0 Å². The molecule has 214 valence electrons. The largest absolute Gasteiger partial charge is 0.501 e. The predicted octanol–water partition coefficient (Wildman–Crippen LogP) is 1.89. The fourth-order valence-electron chi connectivity index (χ4n) is 5.58. The van der Waals surface area contributed by atoms with E-state index in [1.54, 1.807) is 0 Å². The Balaban J connectivity index is 1.42. The number of rotatable bonds is 7. The van der Waals surface area contributed by atoms with Crippen LogP contribution in [0.5, 0.6) is 5.75 Å². The van der Waals surface area contributed by atoms with Gasteiger partial charge in [-0.15, -0.1) is 0 Å². The zero-order valence-corrected chi connectivity index (χ0v) is 22.1. The number of carbonyl (C=O) groups is 3. The Kier molecular flexibility index (Phi) is 7.38. The Labute approximate surface area is 231 Å². The molecule has 0 spiro atoms. The predicted molar refractivity (Wildman–Crippen MR) is 136 cm³/mol. The molecule has 14 heteroatoms. The number of benzene rings is 1. The molecule has 3 N–H and O–H groups in total. The van der Waals surface area contributed by atoms with E-state index in [4.69, 9.17) is 11.6 Å². The van der Waals surface area contributed by atoms with Gasteiger partial charge in [0.2, 0.25) is 11.5 Å². The van der Waals surface area contributed by atoms with Crippen molar-refractivity contribution in [3.8, 4) is 5.75 Å². The number of hydrogen-bond acceptors (Lipinski definition) is 7. The molecule has 3 aliphatic heterocycles. The highest BCUT2D eigenvalue weighted by Gasteiger charge is 2.51. The number of aromatic nitrogens is 2. The number of fused-ring (bicyclic) bond motifs is 2. The molecule has 1 aromatic carbocycles. The van der Waals surface area contributed by atoms with Crippen molar-refractivity contribution < 1.29 is 32.7 Å². The van der Waals surface area contributed by atoms with Gasteiger partial charge in [0.25, 0.3) is 17.4 Å². The second kappa shape index (κ2) is 10.5. The number of hydrogen-bond donors (Lipinski definition) is 3. The number of carbonyl (C=O) groups excluding carboxylic acids is 3. The number of Topliss-reactive ketones (excluding diaryl/α,β-unsaturated/α-hetero) is 1. The van der Waals surface area contributed by atoms with Crippen LogP contribution in [0.3, 0.4) is 0 Å². The minimum Gasteiger partial charge on any atom is -0.501 e. The minimum atomic E-state index is -1.77. The van der Waals surface area contributed by atoms with E-state index < -0.39 is 70.9 Å². The summed E-state index contributed by atoms with van der Waals surface area (Å²) in [5.74, 6) is -4.23. The molecule has 0 unspecified atom stereocenters. The van der Waals surface area contributed by atoms with Crippen LogP contribution in [0.4, 0.5) is 13.2 Å². The van der Waals surface area contributed by atoms with E-state index in [0.717, 1.165) is 15.5 Å². The highest BCUT2D eigenvalue weighted by atomic mass is 35.5. The zero-order valence-electron chi connectivity index (χ0n) is 21.3. The molecule has 1 aromatic heterocycles. The molecular formula is C26H27ClF3N5O5.